The summed E-state index contributed by atoms with van der Waals surface area (Å²) in [7, 11) is 0. The van der Waals surface area contributed by atoms with Crippen LogP contribution in [0.2, 0.25) is 15.1 Å². The summed E-state index contributed by atoms with van der Waals surface area (Å²) in [5.74, 6) is -0.930. The van der Waals surface area contributed by atoms with E-state index in [1.54, 1.807) is 30.5 Å². The minimum Gasteiger partial charge on any atom is -0.481 e. The van der Waals surface area contributed by atoms with Crippen LogP contribution in [0.5, 0.6) is 0 Å². The molecule has 0 atom stereocenters. The molecular weight excluding hydrogens is 309 g/mol. The summed E-state index contributed by atoms with van der Waals surface area (Å²) in [5, 5.41) is 9.76. The Morgan fingerprint density at radius 3 is 2.42 bits per heavy atom. The van der Waals surface area contributed by atoms with Gasteiger partial charge in [0.2, 0.25) is 0 Å². The molecule has 0 aliphatic rings. The molecule has 1 N–H and O–H groups in total. The number of nitrogens with zero attached hydrogens (tertiary/aromatic N) is 1. The molecule has 0 aliphatic heterocycles. The predicted octanol–water partition coefficient (Wildman–Crippen LogP) is 4.34. The van der Waals surface area contributed by atoms with Crippen LogP contribution < -0.4 is 0 Å². The third kappa shape index (κ3) is 3.18. The number of carbonyl (C=O) groups is 1. The van der Waals surface area contributed by atoms with E-state index in [2.05, 4.69) is 4.98 Å². The van der Waals surface area contributed by atoms with Gasteiger partial charge in [0.1, 0.15) is 0 Å². The van der Waals surface area contributed by atoms with E-state index < -0.39 is 5.97 Å². The topological polar surface area (TPSA) is 50.2 Å². The van der Waals surface area contributed by atoms with Gasteiger partial charge in [-0.05, 0) is 23.8 Å². The molecule has 0 fully saturated rings. The Morgan fingerprint density at radius 2 is 1.84 bits per heavy atom. The molecule has 1 heterocycles. The maximum atomic E-state index is 10.8. The monoisotopic (exact) mass is 315 g/mol. The van der Waals surface area contributed by atoms with E-state index in [1.165, 1.54) is 0 Å². The third-order valence-corrected chi connectivity index (χ3v) is 3.69. The van der Waals surface area contributed by atoms with Crippen molar-refractivity contribution in [3.05, 3.63) is 51.1 Å². The van der Waals surface area contributed by atoms with Gasteiger partial charge in [0.05, 0.1) is 27.2 Å². The van der Waals surface area contributed by atoms with Gasteiger partial charge in [0, 0.05) is 11.8 Å². The van der Waals surface area contributed by atoms with Crippen molar-refractivity contribution >= 4 is 40.8 Å². The Hall–Kier alpha value is -1.29. The standard InChI is InChI=1S/C13H8Cl3NO2/c14-9-4-8(5-10(15)12(9)16)13-7(6-11(18)19)2-1-3-17-13/h1-5H,6H2,(H,18,19). The lowest BCUT2D eigenvalue weighted by Crippen LogP contribution is -2.03. The van der Waals surface area contributed by atoms with Crippen molar-refractivity contribution in [2.75, 3.05) is 0 Å². The molecule has 0 spiro atoms. The Kier molecular flexibility index (Phi) is 4.30. The number of rotatable bonds is 3. The minimum atomic E-state index is -0.930. The fourth-order valence-electron chi connectivity index (χ4n) is 1.70. The Morgan fingerprint density at radius 1 is 1.21 bits per heavy atom. The van der Waals surface area contributed by atoms with Crippen molar-refractivity contribution in [3.8, 4) is 11.3 Å². The number of carboxylic acids is 1. The molecule has 0 saturated carbocycles. The first-order valence-electron chi connectivity index (χ1n) is 5.29. The van der Waals surface area contributed by atoms with Gasteiger partial charge in [-0.25, -0.2) is 0 Å². The van der Waals surface area contributed by atoms with E-state index in [0.29, 0.717) is 26.9 Å². The Balaban J connectivity index is 2.56. The summed E-state index contributed by atoms with van der Waals surface area (Å²) in [6.45, 7) is 0. The van der Waals surface area contributed by atoms with Crippen LogP contribution in [0.1, 0.15) is 5.56 Å². The molecule has 0 amide bonds. The fraction of sp³-hybridized carbons (Fsp3) is 0.0769. The van der Waals surface area contributed by atoms with Crippen LogP contribution in [-0.4, -0.2) is 16.1 Å². The maximum absolute atomic E-state index is 10.8. The Labute approximate surface area is 124 Å². The average molecular weight is 317 g/mol. The highest BCUT2D eigenvalue weighted by molar-refractivity contribution is 6.48. The summed E-state index contributed by atoms with van der Waals surface area (Å²) in [6, 6.07) is 6.61. The third-order valence-electron chi connectivity index (χ3n) is 2.49. The molecule has 6 heteroatoms. The van der Waals surface area contributed by atoms with E-state index in [-0.39, 0.29) is 11.4 Å². The van der Waals surface area contributed by atoms with Gasteiger partial charge in [-0.1, -0.05) is 40.9 Å². The van der Waals surface area contributed by atoms with Crippen LogP contribution in [0.3, 0.4) is 0 Å². The van der Waals surface area contributed by atoms with Crippen LogP contribution in [0.4, 0.5) is 0 Å². The number of hydrogen-bond acceptors (Lipinski definition) is 2. The first-order chi connectivity index (χ1) is 8.99. The molecule has 0 saturated heterocycles. The number of benzene rings is 1. The van der Waals surface area contributed by atoms with Crippen LogP contribution in [0.25, 0.3) is 11.3 Å². The van der Waals surface area contributed by atoms with Gasteiger partial charge in [-0.3, -0.25) is 9.78 Å². The molecule has 0 radical (unpaired) electrons. The number of carboxylic acid groups (broad SMARTS) is 1. The molecule has 0 bridgehead atoms. The number of aliphatic carboxylic acids is 1. The number of pyridine rings is 1. The molecule has 1 aromatic carbocycles. The summed E-state index contributed by atoms with van der Waals surface area (Å²) in [5.41, 5.74) is 1.76. The molecule has 0 unspecified atom stereocenters. The number of aromatic nitrogens is 1. The number of hydrogen-bond donors (Lipinski definition) is 1. The van der Waals surface area contributed by atoms with Gasteiger partial charge >= 0.3 is 5.97 Å². The highest BCUT2D eigenvalue weighted by atomic mass is 35.5. The lowest BCUT2D eigenvalue weighted by molar-refractivity contribution is -0.136. The largest absolute Gasteiger partial charge is 0.481 e. The molecule has 0 aliphatic carbocycles. The van der Waals surface area contributed by atoms with Crippen molar-refractivity contribution in [2.45, 2.75) is 6.42 Å². The lowest BCUT2D eigenvalue weighted by Gasteiger charge is -2.09. The minimum absolute atomic E-state index is 0.124. The summed E-state index contributed by atoms with van der Waals surface area (Å²) in [4.78, 5) is 15.0. The molecule has 98 valence electrons. The zero-order valence-electron chi connectivity index (χ0n) is 9.53. The zero-order chi connectivity index (χ0) is 14.0. The van der Waals surface area contributed by atoms with Crippen LogP contribution in [-0.2, 0) is 11.2 Å². The van der Waals surface area contributed by atoms with E-state index >= 15 is 0 Å². The SMILES string of the molecule is O=C(O)Cc1cccnc1-c1cc(Cl)c(Cl)c(Cl)c1. The normalized spacial score (nSPS) is 10.5. The summed E-state index contributed by atoms with van der Waals surface area (Å²) < 4.78 is 0. The van der Waals surface area contributed by atoms with Crippen molar-refractivity contribution in [1.82, 2.24) is 4.98 Å². The van der Waals surface area contributed by atoms with E-state index in [1.807, 2.05) is 0 Å². The first-order valence-corrected chi connectivity index (χ1v) is 6.43. The highest BCUT2D eigenvalue weighted by Gasteiger charge is 2.13. The van der Waals surface area contributed by atoms with Crippen molar-refractivity contribution in [1.29, 1.82) is 0 Å². The second-order valence-electron chi connectivity index (χ2n) is 3.84. The second kappa shape index (κ2) is 5.78. The van der Waals surface area contributed by atoms with Crippen molar-refractivity contribution in [2.24, 2.45) is 0 Å². The highest BCUT2D eigenvalue weighted by Crippen LogP contribution is 2.35. The van der Waals surface area contributed by atoms with Crippen LogP contribution in [0, 0.1) is 0 Å². The number of halogens is 3. The molecule has 2 aromatic rings. The van der Waals surface area contributed by atoms with Gasteiger partial charge in [-0.15, -0.1) is 0 Å². The van der Waals surface area contributed by atoms with E-state index in [9.17, 15) is 4.79 Å². The van der Waals surface area contributed by atoms with Crippen molar-refractivity contribution < 1.29 is 9.90 Å². The van der Waals surface area contributed by atoms with Gasteiger partial charge < -0.3 is 5.11 Å². The van der Waals surface area contributed by atoms with Crippen molar-refractivity contribution in [3.63, 3.8) is 0 Å². The quantitative estimate of drug-likeness (QED) is 0.857. The predicted molar refractivity (Wildman–Crippen MR) is 76.0 cm³/mol. The zero-order valence-corrected chi connectivity index (χ0v) is 11.8. The van der Waals surface area contributed by atoms with E-state index in [0.717, 1.165) is 0 Å². The smallest absolute Gasteiger partial charge is 0.307 e. The summed E-state index contributed by atoms with van der Waals surface area (Å²) in [6.07, 6.45) is 1.46. The fourth-order valence-corrected chi connectivity index (χ4v) is 2.29. The van der Waals surface area contributed by atoms with Gasteiger partial charge in [0.15, 0.2) is 0 Å². The molecule has 2 rings (SSSR count). The second-order valence-corrected chi connectivity index (χ2v) is 5.03. The first kappa shape index (κ1) is 14.1. The molecule has 3 nitrogen and oxygen atoms in total. The molecular formula is C13H8Cl3NO2. The molecule has 19 heavy (non-hydrogen) atoms. The Bertz CT molecular complexity index is 621. The summed E-state index contributed by atoms with van der Waals surface area (Å²) >= 11 is 17.8. The maximum Gasteiger partial charge on any atom is 0.307 e. The van der Waals surface area contributed by atoms with Crippen LogP contribution >= 0.6 is 34.8 Å². The average Bonchev–Trinajstić information content (AvgIpc) is 2.35. The van der Waals surface area contributed by atoms with Gasteiger partial charge in [-0.2, -0.15) is 0 Å². The van der Waals surface area contributed by atoms with Crippen LogP contribution in [0.15, 0.2) is 30.5 Å². The lowest BCUT2D eigenvalue weighted by atomic mass is 10.0. The molecule has 1 aromatic heterocycles. The van der Waals surface area contributed by atoms with E-state index in [4.69, 9.17) is 39.9 Å². The van der Waals surface area contributed by atoms with Gasteiger partial charge in [0.25, 0.3) is 0 Å².